The summed E-state index contributed by atoms with van der Waals surface area (Å²) in [6.45, 7) is -6.65. The predicted octanol–water partition coefficient (Wildman–Crippen LogP) is 10.2. The van der Waals surface area contributed by atoms with Crippen molar-refractivity contribution in [2.75, 3.05) is 13.1 Å². The van der Waals surface area contributed by atoms with Crippen molar-refractivity contribution in [1.29, 1.82) is 0 Å². The van der Waals surface area contributed by atoms with Crippen molar-refractivity contribution in [2.45, 2.75) is 121 Å². The van der Waals surface area contributed by atoms with E-state index in [2.05, 4.69) is 0 Å². The molecule has 1 aliphatic rings. The molecular weight excluding hydrogens is 862 g/mol. The molecule has 1 saturated carbocycles. The molecule has 32 heteroatoms. The number of rotatable bonds is 16. The summed E-state index contributed by atoms with van der Waals surface area (Å²) < 4.78 is 401. The lowest BCUT2D eigenvalue weighted by Gasteiger charge is -2.42. The SMILES string of the molecule is FC(F)(F)C(F)(F)C(F)(F)C(F)(F)C(F)(F)C(F)(F)C(F)(F)CN[C@@H]1CCCC[C@H]1NCC(F)(F)C(F)(F)C(F)(F)C(F)(F)C(F)(F)C(F)(F)C(F)(F)F. The summed E-state index contributed by atoms with van der Waals surface area (Å²) in [5.41, 5.74) is 0. The Bertz CT molecular complexity index is 1190. The van der Waals surface area contributed by atoms with E-state index >= 15 is 0 Å². The Hall–Kier alpha value is -2.18. The van der Waals surface area contributed by atoms with Crippen molar-refractivity contribution in [3.63, 3.8) is 0 Å². The van der Waals surface area contributed by atoms with Gasteiger partial charge in [0.15, 0.2) is 0 Å². The lowest BCUT2D eigenvalue weighted by atomic mass is 9.88. The van der Waals surface area contributed by atoms with Gasteiger partial charge < -0.3 is 10.6 Å². The average Bonchev–Trinajstić information content (AvgIpc) is 2.97. The third-order valence-electron chi connectivity index (χ3n) is 7.72. The third kappa shape index (κ3) is 7.16. The molecule has 2 atom stereocenters. The highest BCUT2D eigenvalue weighted by Gasteiger charge is 2.94. The molecule has 324 valence electrons. The lowest BCUT2D eigenvalue weighted by molar-refractivity contribution is -0.452. The first-order chi connectivity index (χ1) is 23.2. The molecule has 1 rings (SSSR count). The Labute approximate surface area is 277 Å². The van der Waals surface area contributed by atoms with Gasteiger partial charge in [0.2, 0.25) is 0 Å². The van der Waals surface area contributed by atoms with Crippen LogP contribution in [-0.4, -0.2) is 109 Å². The maximum absolute atomic E-state index is 14.2. The Morgan fingerprint density at radius 1 is 0.278 bits per heavy atom. The van der Waals surface area contributed by atoms with Crippen LogP contribution in [0.4, 0.5) is 132 Å². The van der Waals surface area contributed by atoms with Crippen LogP contribution in [0, 0.1) is 0 Å². The van der Waals surface area contributed by atoms with Crippen molar-refractivity contribution in [1.82, 2.24) is 10.6 Å². The normalized spacial score (nSPS) is 20.8. The van der Waals surface area contributed by atoms with Crippen LogP contribution in [0.5, 0.6) is 0 Å². The molecular formula is C22H16F30N2. The van der Waals surface area contributed by atoms with Crippen LogP contribution in [-0.2, 0) is 0 Å². The third-order valence-corrected chi connectivity index (χ3v) is 7.72. The van der Waals surface area contributed by atoms with Gasteiger partial charge in [-0.2, -0.15) is 132 Å². The topological polar surface area (TPSA) is 24.1 Å². The summed E-state index contributed by atoms with van der Waals surface area (Å²) in [7, 11) is 0. The number of alkyl halides is 30. The maximum Gasteiger partial charge on any atom is 0.460 e. The van der Waals surface area contributed by atoms with Gasteiger partial charge in [-0.25, -0.2) is 0 Å². The second kappa shape index (κ2) is 13.7. The first-order valence-electron chi connectivity index (χ1n) is 13.3. The molecule has 0 aromatic heterocycles. The van der Waals surface area contributed by atoms with Gasteiger partial charge in [0.25, 0.3) is 0 Å². The maximum atomic E-state index is 14.2. The van der Waals surface area contributed by atoms with Crippen LogP contribution < -0.4 is 10.6 Å². The number of hydrogen-bond donors (Lipinski definition) is 2. The molecule has 0 aromatic rings. The number of hydrogen-bond acceptors (Lipinski definition) is 2. The van der Waals surface area contributed by atoms with Crippen LogP contribution in [0.3, 0.4) is 0 Å². The quantitative estimate of drug-likeness (QED) is 0.151. The van der Waals surface area contributed by atoms with Gasteiger partial charge in [0, 0.05) is 12.1 Å². The van der Waals surface area contributed by atoms with Crippen LogP contribution >= 0.6 is 0 Å². The van der Waals surface area contributed by atoms with E-state index in [1.807, 2.05) is 0 Å². The van der Waals surface area contributed by atoms with Gasteiger partial charge in [-0.3, -0.25) is 0 Å². The van der Waals surface area contributed by atoms with Crippen LogP contribution in [0.1, 0.15) is 25.7 Å². The fourth-order valence-corrected chi connectivity index (χ4v) is 4.36. The molecule has 0 saturated heterocycles. The lowest BCUT2D eigenvalue weighted by Crippen LogP contribution is -2.73. The molecule has 0 unspecified atom stereocenters. The fourth-order valence-electron chi connectivity index (χ4n) is 4.36. The highest BCUT2D eigenvalue weighted by atomic mass is 19.4. The van der Waals surface area contributed by atoms with Crippen LogP contribution in [0.25, 0.3) is 0 Å². The van der Waals surface area contributed by atoms with Gasteiger partial charge in [0.05, 0.1) is 13.1 Å². The van der Waals surface area contributed by atoms with Gasteiger partial charge in [-0.05, 0) is 12.8 Å². The van der Waals surface area contributed by atoms with E-state index in [4.69, 9.17) is 0 Å². The summed E-state index contributed by atoms with van der Waals surface area (Å²) >= 11 is 0. The first kappa shape index (κ1) is 49.8. The zero-order chi connectivity index (χ0) is 43.8. The molecule has 0 radical (unpaired) electrons. The zero-order valence-corrected chi connectivity index (χ0v) is 24.7. The van der Waals surface area contributed by atoms with E-state index in [1.165, 1.54) is 0 Å². The molecule has 54 heavy (non-hydrogen) atoms. The fraction of sp³-hybridized carbons (Fsp3) is 1.00. The highest BCUT2D eigenvalue weighted by Crippen LogP contribution is 2.64. The second-order valence-electron chi connectivity index (χ2n) is 11.4. The number of nitrogens with one attached hydrogen (secondary N) is 2. The standard InChI is InChI=1S/C22H16F30N2/c23-9(24,11(27,28)13(31,32)15(35,36)17(39,40)19(43,44)21(47,48)49)5-53-7-3-1-2-4-8(7)54-6-10(25,26)12(29,30)14(33,34)16(37,38)18(41,42)20(45,46)22(50,51)52/h7-8,53-54H,1-6H2/t7-,8-/m1/s1. The Kier molecular flexibility index (Phi) is 12.7. The van der Waals surface area contributed by atoms with Crippen molar-refractivity contribution in [3.8, 4) is 0 Å². The van der Waals surface area contributed by atoms with Crippen LogP contribution in [0.2, 0.25) is 0 Å². The first-order valence-corrected chi connectivity index (χ1v) is 13.3. The van der Waals surface area contributed by atoms with Gasteiger partial charge in [-0.15, -0.1) is 0 Å². The minimum atomic E-state index is -8.71. The summed E-state index contributed by atoms with van der Waals surface area (Å²) in [5.74, 6) is -98.6. The van der Waals surface area contributed by atoms with E-state index < -0.39 is 134 Å². The molecule has 0 bridgehead atoms. The van der Waals surface area contributed by atoms with E-state index in [1.54, 1.807) is 0 Å². The summed E-state index contributed by atoms with van der Waals surface area (Å²) in [4.78, 5) is 0. The summed E-state index contributed by atoms with van der Waals surface area (Å²) in [6, 6.07) is -4.85. The molecule has 0 spiro atoms. The molecule has 0 aliphatic heterocycles. The van der Waals surface area contributed by atoms with Crippen molar-refractivity contribution in [3.05, 3.63) is 0 Å². The van der Waals surface area contributed by atoms with Crippen LogP contribution in [0.15, 0.2) is 0 Å². The molecule has 0 amide bonds. The van der Waals surface area contributed by atoms with Gasteiger partial charge in [-0.1, -0.05) is 12.8 Å². The van der Waals surface area contributed by atoms with Gasteiger partial charge >= 0.3 is 83.4 Å². The Balaban J connectivity index is 3.38. The van der Waals surface area contributed by atoms with Crippen molar-refractivity contribution < 1.29 is 132 Å². The second-order valence-corrected chi connectivity index (χ2v) is 11.4. The van der Waals surface area contributed by atoms with E-state index in [9.17, 15) is 132 Å². The van der Waals surface area contributed by atoms with Crippen molar-refractivity contribution in [2.24, 2.45) is 0 Å². The van der Waals surface area contributed by atoms with E-state index in [0.717, 1.165) is 10.6 Å². The summed E-state index contributed by atoms with van der Waals surface area (Å²) in [5, 5.41) is 1.88. The summed E-state index contributed by atoms with van der Waals surface area (Å²) in [6.07, 6.45) is -18.7. The average molecular weight is 878 g/mol. The molecule has 0 aromatic carbocycles. The zero-order valence-electron chi connectivity index (χ0n) is 24.7. The highest BCUT2D eigenvalue weighted by molar-refractivity contribution is 5.15. The van der Waals surface area contributed by atoms with E-state index in [-0.39, 0.29) is 0 Å². The molecule has 0 heterocycles. The largest absolute Gasteiger partial charge is 0.460 e. The smallest absolute Gasteiger partial charge is 0.307 e. The Morgan fingerprint density at radius 2 is 0.463 bits per heavy atom. The Morgan fingerprint density at radius 3 is 0.667 bits per heavy atom. The molecule has 1 fully saturated rings. The monoisotopic (exact) mass is 878 g/mol. The molecule has 1 aliphatic carbocycles. The predicted molar refractivity (Wildman–Crippen MR) is 114 cm³/mol. The molecule has 2 N–H and O–H groups in total. The van der Waals surface area contributed by atoms with Crippen molar-refractivity contribution >= 4 is 0 Å². The minimum absolute atomic E-state index is 0.468. The van der Waals surface area contributed by atoms with E-state index in [0.29, 0.717) is 0 Å². The van der Waals surface area contributed by atoms with Gasteiger partial charge in [0.1, 0.15) is 0 Å². The minimum Gasteiger partial charge on any atom is -0.307 e. The number of halogens is 30. The molecule has 2 nitrogen and oxygen atoms in total.